The van der Waals surface area contributed by atoms with E-state index in [1.807, 2.05) is 37.4 Å². The first-order chi connectivity index (χ1) is 12.1. The quantitative estimate of drug-likeness (QED) is 0.468. The van der Waals surface area contributed by atoms with E-state index in [9.17, 15) is 4.79 Å². The van der Waals surface area contributed by atoms with E-state index in [1.165, 1.54) is 5.56 Å². The molecule has 0 aliphatic heterocycles. The molecular formula is C18H23BrN4OS. The van der Waals surface area contributed by atoms with Crippen LogP contribution in [0.3, 0.4) is 0 Å². The molecule has 0 fully saturated rings. The molecule has 134 valence electrons. The molecule has 0 spiro atoms. The summed E-state index contributed by atoms with van der Waals surface area (Å²) in [5.41, 5.74) is 3.05. The minimum atomic E-state index is -0.0256. The fourth-order valence-electron chi connectivity index (χ4n) is 2.13. The summed E-state index contributed by atoms with van der Waals surface area (Å²) < 4.78 is 0.946. The number of nitrogens with zero attached hydrogens (tertiary/aromatic N) is 1. The Kier molecular flexibility index (Phi) is 7.94. The van der Waals surface area contributed by atoms with Gasteiger partial charge in [-0.3, -0.25) is 4.79 Å². The number of carbonyl (C=O) groups excluding carboxylic acids is 1. The van der Waals surface area contributed by atoms with Crippen LogP contribution in [0.1, 0.15) is 24.5 Å². The molecule has 0 aliphatic carbocycles. The number of aryl methyl sites for hydroxylation is 1. The molecule has 0 saturated heterocycles. The molecule has 0 aliphatic rings. The molecule has 5 nitrogen and oxygen atoms in total. The number of hydrogen-bond acceptors (Lipinski definition) is 3. The Morgan fingerprint density at radius 3 is 2.84 bits per heavy atom. The summed E-state index contributed by atoms with van der Waals surface area (Å²) in [4.78, 5) is 16.7. The van der Waals surface area contributed by atoms with Crippen molar-refractivity contribution in [2.24, 2.45) is 4.99 Å². The number of guanidine groups is 1. The normalized spacial score (nSPS) is 11.2. The molecule has 3 N–H and O–H groups in total. The standard InChI is InChI=1S/C18H23BrN4OS/c1-3-20-18(22-11-14-7-9-25-12-14)21-8-6-17(24)23-16-10-15(19)5-4-13(16)2/h4-5,7,9-10,12H,3,6,8,11H2,1-2H3,(H,23,24)(H2,20,21,22). The number of halogens is 1. The smallest absolute Gasteiger partial charge is 0.226 e. The molecule has 2 rings (SSSR count). The van der Waals surface area contributed by atoms with E-state index in [0.717, 1.165) is 28.2 Å². The van der Waals surface area contributed by atoms with Crippen LogP contribution in [0.5, 0.6) is 0 Å². The van der Waals surface area contributed by atoms with Gasteiger partial charge in [-0.15, -0.1) is 0 Å². The molecule has 1 amide bonds. The third-order valence-corrected chi connectivity index (χ3v) is 4.69. The van der Waals surface area contributed by atoms with Crippen LogP contribution in [0.2, 0.25) is 0 Å². The van der Waals surface area contributed by atoms with E-state index in [2.05, 4.69) is 48.3 Å². The lowest BCUT2D eigenvalue weighted by molar-refractivity contribution is -0.116. The maximum atomic E-state index is 12.1. The van der Waals surface area contributed by atoms with Crippen molar-refractivity contribution in [2.45, 2.75) is 26.8 Å². The zero-order valence-corrected chi connectivity index (χ0v) is 16.8. The average Bonchev–Trinajstić information content (AvgIpc) is 3.09. The van der Waals surface area contributed by atoms with Gasteiger partial charge in [0.15, 0.2) is 5.96 Å². The van der Waals surface area contributed by atoms with Crippen molar-refractivity contribution in [2.75, 3.05) is 18.4 Å². The van der Waals surface area contributed by atoms with Gasteiger partial charge in [0, 0.05) is 29.7 Å². The van der Waals surface area contributed by atoms with Crippen LogP contribution in [-0.2, 0) is 11.3 Å². The predicted octanol–water partition coefficient (Wildman–Crippen LogP) is 3.90. The highest BCUT2D eigenvalue weighted by molar-refractivity contribution is 9.10. The van der Waals surface area contributed by atoms with Gasteiger partial charge < -0.3 is 16.0 Å². The highest BCUT2D eigenvalue weighted by Crippen LogP contribution is 2.20. The SMILES string of the molecule is CCNC(=NCc1ccsc1)NCCC(=O)Nc1cc(Br)ccc1C. The molecule has 1 heterocycles. The molecule has 0 radical (unpaired) electrons. The lowest BCUT2D eigenvalue weighted by Gasteiger charge is -2.12. The summed E-state index contributed by atoms with van der Waals surface area (Å²) in [6.07, 6.45) is 0.370. The van der Waals surface area contributed by atoms with Gasteiger partial charge in [0.25, 0.3) is 0 Å². The third kappa shape index (κ3) is 6.88. The number of aliphatic imine (C=N–C) groups is 1. The van der Waals surface area contributed by atoms with E-state index < -0.39 is 0 Å². The van der Waals surface area contributed by atoms with Gasteiger partial charge >= 0.3 is 0 Å². The van der Waals surface area contributed by atoms with Crippen molar-refractivity contribution >= 4 is 44.8 Å². The van der Waals surface area contributed by atoms with Gasteiger partial charge in [0.2, 0.25) is 5.91 Å². The lowest BCUT2D eigenvalue weighted by Crippen LogP contribution is -2.38. The van der Waals surface area contributed by atoms with Crippen LogP contribution in [0.25, 0.3) is 0 Å². The molecule has 2 aromatic rings. The highest BCUT2D eigenvalue weighted by Gasteiger charge is 2.06. The molecule has 0 bridgehead atoms. The maximum absolute atomic E-state index is 12.1. The Labute approximate surface area is 161 Å². The molecular weight excluding hydrogens is 400 g/mol. The van der Waals surface area contributed by atoms with Crippen LogP contribution >= 0.6 is 27.3 Å². The summed E-state index contributed by atoms with van der Waals surface area (Å²) >= 11 is 5.08. The van der Waals surface area contributed by atoms with Gasteiger partial charge in [-0.25, -0.2) is 4.99 Å². The van der Waals surface area contributed by atoms with Crippen LogP contribution in [0.15, 0.2) is 44.5 Å². The first-order valence-electron chi connectivity index (χ1n) is 8.17. The average molecular weight is 423 g/mol. The number of nitrogens with one attached hydrogen (secondary N) is 3. The Hall–Kier alpha value is -1.86. The number of carbonyl (C=O) groups is 1. The molecule has 0 atom stereocenters. The Balaban J connectivity index is 1.81. The second kappa shape index (κ2) is 10.2. The van der Waals surface area contributed by atoms with Gasteiger partial charge in [-0.1, -0.05) is 22.0 Å². The zero-order valence-electron chi connectivity index (χ0n) is 14.4. The van der Waals surface area contributed by atoms with Gasteiger partial charge in [-0.2, -0.15) is 11.3 Å². The largest absolute Gasteiger partial charge is 0.357 e. The molecule has 25 heavy (non-hydrogen) atoms. The molecule has 1 aromatic carbocycles. The van der Waals surface area contributed by atoms with Crippen LogP contribution in [0, 0.1) is 6.92 Å². The summed E-state index contributed by atoms with van der Waals surface area (Å²) in [5, 5.41) is 13.5. The second-order valence-corrected chi connectivity index (χ2v) is 7.21. The van der Waals surface area contributed by atoms with Crippen LogP contribution in [-0.4, -0.2) is 25.0 Å². The monoisotopic (exact) mass is 422 g/mol. The summed E-state index contributed by atoms with van der Waals surface area (Å²) in [7, 11) is 0. The van der Waals surface area contributed by atoms with E-state index in [4.69, 9.17) is 0 Å². The van der Waals surface area contributed by atoms with Crippen molar-refractivity contribution in [3.05, 3.63) is 50.6 Å². The van der Waals surface area contributed by atoms with Crippen molar-refractivity contribution in [3.63, 3.8) is 0 Å². The molecule has 1 aromatic heterocycles. The fourth-order valence-corrected chi connectivity index (χ4v) is 3.15. The minimum absolute atomic E-state index is 0.0256. The van der Waals surface area contributed by atoms with E-state index in [0.29, 0.717) is 19.5 Å². The number of anilines is 1. The summed E-state index contributed by atoms with van der Waals surface area (Å²) in [5.74, 6) is 0.697. The number of thiophene rings is 1. The van der Waals surface area contributed by atoms with Crippen molar-refractivity contribution < 1.29 is 4.79 Å². The van der Waals surface area contributed by atoms with Crippen LogP contribution in [0.4, 0.5) is 5.69 Å². The highest BCUT2D eigenvalue weighted by atomic mass is 79.9. The molecule has 0 unspecified atom stereocenters. The molecule has 0 saturated carbocycles. The minimum Gasteiger partial charge on any atom is -0.357 e. The first kappa shape index (κ1) is 19.5. The predicted molar refractivity (Wildman–Crippen MR) is 109 cm³/mol. The summed E-state index contributed by atoms with van der Waals surface area (Å²) in [6, 6.07) is 7.90. The number of hydrogen-bond donors (Lipinski definition) is 3. The number of rotatable bonds is 7. The van der Waals surface area contributed by atoms with Gasteiger partial charge in [-0.05, 0) is 53.9 Å². The van der Waals surface area contributed by atoms with Crippen molar-refractivity contribution in [1.82, 2.24) is 10.6 Å². The fraction of sp³-hybridized carbons (Fsp3) is 0.333. The second-order valence-electron chi connectivity index (χ2n) is 5.51. The Morgan fingerprint density at radius 1 is 1.28 bits per heavy atom. The van der Waals surface area contributed by atoms with E-state index in [-0.39, 0.29) is 5.91 Å². The first-order valence-corrected chi connectivity index (χ1v) is 9.91. The van der Waals surface area contributed by atoms with Crippen molar-refractivity contribution in [3.8, 4) is 0 Å². The van der Waals surface area contributed by atoms with Gasteiger partial charge in [0.1, 0.15) is 0 Å². The zero-order chi connectivity index (χ0) is 18.1. The van der Waals surface area contributed by atoms with Crippen LogP contribution < -0.4 is 16.0 Å². The lowest BCUT2D eigenvalue weighted by atomic mass is 10.2. The number of benzene rings is 1. The Morgan fingerprint density at radius 2 is 2.12 bits per heavy atom. The third-order valence-electron chi connectivity index (χ3n) is 3.46. The Bertz CT molecular complexity index is 716. The van der Waals surface area contributed by atoms with Gasteiger partial charge in [0.05, 0.1) is 6.54 Å². The van der Waals surface area contributed by atoms with E-state index in [1.54, 1.807) is 11.3 Å². The summed E-state index contributed by atoms with van der Waals surface area (Å²) in [6.45, 7) is 5.92. The van der Waals surface area contributed by atoms with Crippen molar-refractivity contribution in [1.29, 1.82) is 0 Å². The number of amides is 1. The van der Waals surface area contributed by atoms with E-state index >= 15 is 0 Å². The maximum Gasteiger partial charge on any atom is 0.226 e. The topological polar surface area (TPSA) is 65.5 Å². The molecule has 7 heteroatoms.